The SMILES string of the molecule is c1cnnc(NC[C@H]2CN(CCN3CCCCC3)CCO2)c1. The minimum Gasteiger partial charge on any atom is -0.374 e. The highest BCUT2D eigenvalue weighted by molar-refractivity contribution is 5.31. The maximum Gasteiger partial charge on any atom is 0.148 e. The van der Waals surface area contributed by atoms with Gasteiger partial charge in [0.05, 0.1) is 12.7 Å². The van der Waals surface area contributed by atoms with Crippen LogP contribution in [0.15, 0.2) is 18.3 Å². The van der Waals surface area contributed by atoms with Crippen molar-refractivity contribution in [2.75, 3.05) is 57.7 Å². The van der Waals surface area contributed by atoms with Crippen molar-refractivity contribution in [3.63, 3.8) is 0 Å². The summed E-state index contributed by atoms with van der Waals surface area (Å²) < 4.78 is 5.86. The van der Waals surface area contributed by atoms with Gasteiger partial charge in [0.25, 0.3) is 0 Å². The van der Waals surface area contributed by atoms with Gasteiger partial charge in [-0.1, -0.05) is 6.42 Å². The molecule has 0 spiro atoms. The molecule has 0 aliphatic carbocycles. The van der Waals surface area contributed by atoms with Crippen molar-refractivity contribution in [1.82, 2.24) is 20.0 Å². The molecule has 3 rings (SSSR count). The molecule has 6 nitrogen and oxygen atoms in total. The molecule has 0 radical (unpaired) electrons. The molecule has 2 aliphatic heterocycles. The van der Waals surface area contributed by atoms with E-state index in [2.05, 4.69) is 25.3 Å². The second-order valence-corrected chi connectivity index (χ2v) is 6.19. The summed E-state index contributed by atoms with van der Waals surface area (Å²) in [6.07, 6.45) is 6.06. The highest BCUT2D eigenvalue weighted by atomic mass is 16.5. The zero-order valence-electron chi connectivity index (χ0n) is 13.3. The van der Waals surface area contributed by atoms with Crippen molar-refractivity contribution in [2.45, 2.75) is 25.4 Å². The number of anilines is 1. The zero-order chi connectivity index (χ0) is 15.0. The van der Waals surface area contributed by atoms with Crippen LogP contribution in [0.1, 0.15) is 19.3 Å². The number of ether oxygens (including phenoxy) is 1. The molecule has 0 bridgehead atoms. The number of morpholine rings is 1. The third-order valence-electron chi connectivity index (χ3n) is 4.49. The van der Waals surface area contributed by atoms with E-state index in [0.29, 0.717) is 0 Å². The third kappa shape index (κ3) is 4.90. The second kappa shape index (κ2) is 8.41. The predicted octanol–water partition coefficient (Wildman–Crippen LogP) is 1.08. The molecular weight excluding hydrogens is 278 g/mol. The lowest BCUT2D eigenvalue weighted by Crippen LogP contribution is -2.48. The Kier molecular flexibility index (Phi) is 5.98. The van der Waals surface area contributed by atoms with E-state index in [1.807, 2.05) is 12.1 Å². The number of hydrogen-bond donors (Lipinski definition) is 1. The Morgan fingerprint density at radius 1 is 1.14 bits per heavy atom. The fraction of sp³-hybridized carbons (Fsp3) is 0.750. The standard InChI is InChI=1S/C16H27N5O/c1-2-7-20(8-3-1)9-10-21-11-12-22-15(14-21)13-17-16-5-4-6-18-19-16/h4-6,15H,1-3,7-14H2,(H,17,19)/t15-/m0/s1. The first-order valence-corrected chi connectivity index (χ1v) is 8.48. The van der Waals surface area contributed by atoms with Gasteiger partial charge in [0.15, 0.2) is 0 Å². The number of likely N-dealkylation sites (tertiary alicyclic amines) is 1. The zero-order valence-corrected chi connectivity index (χ0v) is 13.3. The van der Waals surface area contributed by atoms with Crippen molar-refractivity contribution >= 4 is 5.82 Å². The van der Waals surface area contributed by atoms with Gasteiger partial charge in [-0.3, -0.25) is 4.90 Å². The van der Waals surface area contributed by atoms with Crippen molar-refractivity contribution in [3.8, 4) is 0 Å². The van der Waals surface area contributed by atoms with E-state index >= 15 is 0 Å². The van der Waals surface area contributed by atoms with Crippen molar-refractivity contribution in [1.29, 1.82) is 0 Å². The molecular formula is C16H27N5O. The lowest BCUT2D eigenvalue weighted by Gasteiger charge is -2.35. The quantitative estimate of drug-likeness (QED) is 0.849. The first kappa shape index (κ1) is 15.6. The molecule has 1 N–H and O–H groups in total. The second-order valence-electron chi connectivity index (χ2n) is 6.19. The average molecular weight is 305 g/mol. The highest BCUT2D eigenvalue weighted by Gasteiger charge is 2.21. The summed E-state index contributed by atoms with van der Waals surface area (Å²) in [6.45, 7) is 8.58. The van der Waals surface area contributed by atoms with Crippen LogP contribution in [0.25, 0.3) is 0 Å². The number of nitrogens with one attached hydrogen (secondary N) is 1. The molecule has 0 saturated carbocycles. The smallest absolute Gasteiger partial charge is 0.148 e. The first-order valence-electron chi connectivity index (χ1n) is 8.48. The fourth-order valence-electron chi connectivity index (χ4n) is 3.19. The molecule has 2 saturated heterocycles. The Labute approximate surface area is 132 Å². The molecule has 2 aliphatic rings. The van der Waals surface area contributed by atoms with Gasteiger partial charge in [0.1, 0.15) is 5.82 Å². The van der Waals surface area contributed by atoms with Gasteiger partial charge >= 0.3 is 0 Å². The van der Waals surface area contributed by atoms with Crippen molar-refractivity contribution in [2.24, 2.45) is 0 Å². The summed E-state index contributed by atoms with van der Waals surface area (Å²) in [6, 6.07) is 3.83. The van der Waals surface area contributed by atoms with E-state index in [9.17, 15) is 0 Å². The molecule has 1 aromatic rings. The van der Waals surface area contributed by atoms with E-state index in [0.717, 1.165) is 38.6 Å². The van der Waals surface area contributed by atoms with Crippen LogP contribution < -0.4 is 5.32 Å². The molecule has 2 fully saturated rings. The summed E-state index contributed by atoms with van der Waals surface area (Å²) in [4.78, 5) is 5.13. The van der Waals surface area contributed by atoms with Gasteiger partial charge in [-0.05, 0) is 38.1 Å². The molecule has 122 valence electrons. The Hall–Kier alpha value is -1.24. The molecule has 1 aromatic heterocycles. The number of aromatic nitrogens is 2. The Morgan fingerprint density at radius 2 is 2.00 bits per heavy atom. The van der Waals surface area contributed by atoms with Crippen LogP contribution in [-0.4, -0.2) is 78.5 Å². The molecule has 6 heteroatoms. The van der Waals surface area contributed by atoms with Gasteiger partial charge in [-0.25, -0.2) is 0 Å². The van der Waals surface area contributed by atoms with E-state index < -0.39 is 0 Å². The average Bonchev–Trinajstić information content (AvgIpc) is 2.60. The van der Waals surface area contributed by atoms with Crippen molar-refractivity contribution < 1.29 is 4.74 Å². The molecule has 0 unspecified atom stereocenters. The van der Waals surface area contributed by atoms with Gasteiger partial charge in [0, 0.05) is 38.9 Å². The number of rotatable bonds is 6. The fourth-order valence-corrected chi connectivity index (χ4v) is 3.19. The lowest BCUT2D eigenvalue weighted by atomic mass is 10.1. The largest absolute Gasteiger partial charge is 0.374 e. The monoisotopic (exact) mass is 305 g/mol. The predicted molar refractivity (Wildman–Crippen MR) is 87.0 cm³/mol. The Bertz CT molecular complexity index is 424. The van der Waals surface area contributed by atoms with Crippen LogP contribution >= 0.6 is 0 Å². The minimum atomic E-state index is 0.233. The Morgan fingerprint density at radius 3 is 2.82 bits per heavy atom. The van der Waals surface area contributed by atoms with E-state index in [-0.39, 0.29) is 6.10 Å². The Balaban J connectivity index is 1.37. The highest BCUT2D eigenvalue weighted by Crippen LogP contribution is 2.10. The summed E-state index contributed by atoms with van der Waals surface area (Å²) in [5.41, 5.74) is 0. The number of hydrogen-bond acceptors (Lipinski definition) is 6. The van der Waals surface area contributed by atoms with Crippen LogP contribution in [0.5, 0.6) is 0 Å². The lowest BCUT2D eigenvalue weighted by molar-refractivity contribution is -0.0238. The first-order chi connectivity index (χ1) is 10.9. The molecule has 0 amide bonds. The number of nitrogens with zero attached hydrogens (tertiary/aromatic N) is 4. The maximum atomic E-state index is 5.86. The van der Waals surface area contributed by atoms with Gasteiger partial charge in [-0.15, -0.1) is 5.10 Å². The third-order valence-corrected chi connectivity index (χ3v) is 4.49. The van der Waals surface area contributed by atoms with E-state index in [4.69, 9.17) is 4.74 Å². The van der Waals surface area contributed by atoms with Crippen LogP contribution in [0.3, 0.4) is 0 Å². The molecule has 1 atom stereocenters. The number of piperidine rings is 1. The molecule has 3 heterocycles. The van der Waals surface area contributed by atoms with E-state index in [1.54, 1.807) is 6.20 Å². The summed E-state index contributed by atoms with van der Waals surface area (Å²) >= 11 is 0. The summed E-state index contributed by atoms with van der Waals surface area (Å²) in [7, 11) is 0. The minimum absolute atomic E-state index is 0.233. The molecule has 22 heavy (non-hydrogen) atoms. The van der Waals surface area contributed by atoms with Crippen molar-refractivity contribution in [3.05, 3.63) is 18.3 Å². The molecule has 0 aromatic carbocycles. The maximum absolute atomic E-state index is 5.86. The topological polar surface area (TPSA) is 53.5 Å². The van der Waals surface area contributed by atoms with E-state index in [1.165, 1.54) is 38.9 Å². The van der Waals surface area contributed by atoms with Crippen LogP contribution in [0.2, 0.25) is 0 Å². The van der Waals surface area contributed by atoms with Gasteiger partial charge < -0.3 is 15.0 Å². The summed E-state index contributed by atoms with van der Waals surface area (Å²) in [5.74, 6) is 0.816. The van der Waals surface area contributed by atoms with Gasteiger partial charge in [-0.2, -0.15) is 5.10 Å². The summed E-state index contributed by atoms with van der Waals surface area (Å²) in [5, 5.41) is 11.2. The van der Waals surface area contributed by atoms with Crippen LogP contribution in [0, 0.1) is 0 Å². The van der Waals surface area contributed by atoms with Gasteiger partial charge in [0.2, 0.25) is 0 Å². The van der Waals surface area contributed by atoms with Crippen LogP contribution in [-0.2, 0) is 4.74 Å². The van der Waals surface area contributed by atoms with Crippen LogP contribution in [0.4, 0.5) is 5.82 Å². The normalized spacial score (nSPS) is 24.3.